The van der Waals surface area contributed by atoms with Gasteiger partial charge in [0, 0.05) is 0 Å². The summed E-state index contributed by atoms with van der Waals surface area (Å²) >= 11 is 0. The highest BCUT2D eigenvalue weighted by Crippen LogP contribution is 2.21. The van der Waals surface area contributed by atoms with Gasteiger partial charge in [-0.3, -0.25) is 4.79 Å². The molecule has 0 saturated carbocycles. The van der Waals surface area contributed by atoms with E-state index in [1.54, 1.807) is 19.1 Å². The van der Waals surface area contributed by atoms with Gasteiger partial charge >= 0.3 is 0 Å². The summed E-state index contributed by atoms with van der Waals surface area (Å²) in [6.07, 6.45) is 0.967. The van der Waals surface area contributed by atoms with Crippen molar-refractivity contribution in [2.45, 2.75) is 20.3 Å². The summed E-state index contributed by atoms with van der Waals surface area (Å²) in [4.78, 5) is 17.9. The molecule has 1 aromatic carbocycles. The zero-order valence-electron chi connectivity index (χ0n) is 11.0. The van der Waals surface area contributed by atoms with E-state index in [0.29, 0.717) is 18.2 Å². The lowest BCUT2D eigenvalue weighted by Crippen LogP contribution is -2.08. The van der Waals surface area contributed by atoms with Crippen molar-refractivity contribution >= 4 is 0 Å². The minimum absolute atomic E-state index is 0.231. The fourth-order valence-electron chi connectivity index (χ4n) is 1.55. The average Bonchev–Trinajstić information content (AvgIpc) is 2.37. The number of ether oxygens (including phenoxy) is 2. The number of aromatic amines is 1. The van der Waals surface area contributed by atoms with Crippen molar-refractivity contribution in [3.63, 3.8) is 0 Å². The number of aryl methyl sites for hydroxylation is 1. The fraction of sp³-hybridized carbons (Fsp3) is 0.286. The van der Waals surface area contributed by atoms with Crippen LogP contribution in [0.3, 0.4) is 0 Å². The van der Waals surface area contributed by atoms with Gasteiger partial charge in [-0.2, -0.15) is 0 Å². The quantitative estimate of drug-likeness (QED) is 0.897. The molecule has 1 N–H and O–H groups in total. The van der Waals surface area contributed by atoms with Crippen LogP contribution in [0.4, 0.5) is 0 Å². The smallest absolute Gasteiger partial charge is 0.254 e. The molecule has 5 nitrogen and oxygen atoms in total. The molecule has 100 valence electrons. The molecule has 0 aliphatic rings. The van der Waals surface area contributed by atoms with Crippen LogP contribution >= 0.6 is 0 Å². The molecule has 0 radical (unpaired) electrons. The maximum Gasteiger partial charge on any atom is 0.254 e. The van der Waals surface area contributed by atoms with Gasteiger partial charge in [0.1, 0.15) is 17.3 Å². The lowest BCUT2D eigenvalue weighted by atomic mass is 10.3. The molecule has 0 aliphatic carbocycles. The molecule has 0 aliphatic heterocycles. The molecule has 1 aromatic heterocycles. The van der Waals surface area contributed by atoms with E-state index >= 15 is 0 Å². The Morgan fingerprint density at radius 2 is 1.89 bits per heavy atom. The molecule has 19 heavy (non-hydrogen) atoms. The van der Waals surface area contributed by atoms with Crippen molar-refractivity contribution in [2.75, 3.05) is 6.61 Å². The van der Waals surface area contributed by atoms with Crippen LogP contribution < -0.4 is 15.0 Å². The molecule has 0 unspecified atom stereocenters. The summed E-state index contributed by atoms with van der Waals surface area (Å²) in [5.41, 5.74) is -0.231. The highest BCUT2D eigenvalue weighted by molar-refractivity contribution is 5.33. The third kappa shape index (κ3) is 3.84. The van der Waals surface area contributed by atoms with Gasteiger partial charge in [-0.05, 0) is 37.6 Å². The first kappa shape index (κ1) is 13.1. The Balaban J connectivity index is 2.08. The van der Waals surface area contributed by atoms with E-state index in [4.69, 9.17) is 9.47 Å². The largest absolute Gasteiger partial charge is 0.494 e. The summed E-state index contributed by atoms with van der Waals surface area (Å²) < 4.78 is 11.0. The first-order valence-corrected chi connectivity index (χ1v) is 6.16. The minimum Gasteiger partial charge on any atom is -0.494 e. The maximum atomic E-state index is 11.3. The molecule has 2 aromatic rings. The second kappa shape index (κ2) is 6.04. The van der Waals surface area contributed by atoms with Crippen molar-refractivity contribution in [3.05, 3.63) is 46.5 Å². The number of hydrogen-bond donors (Lipinski definition) is 1. The first-order chi connectivity index (χ1) is 9.17. The molecule has 0 spiro atoms. The predicted octanol–water partition coefficient (Wildman–Crippen LogP) is 2.66. The predicted molar refractivity (Wildman–Crippen MR) is 71.9 cm³/mol. The molecule has 5 heteroatoms. The van der Waals surface area contributed by atoms with Crippen LogP contribution in [0, 0.1) is 6.92 Å². The molecular formula is C14H16N2O3. The van der Waals surface area contributed by atoms with Crippen LogP contribution in [0.15, 0.2) is 35.1 Å². The second-order valence-electron chi connectivity index (χ2n) is 4.09. The Bertz CT molecular complexity index is 590. The highest BCUT2D eigenvalue weighted by atomic mass is 16.5. The van der Waals surface area contributed by atoms with Gasteiger partial charge in [0.15, 0.2) is 0 Å². The number of nitrogens with one attached hydrogen (secondary N) is 1. The lowest BCUT2D eigenvalue weighted by Gasteiger charge is -2.07. The SMILES string of the molecule is CCCOc1ccc(Oc2cc(=O)[nH]c(C)n2)cc1. The molecule has 0 fully saturated rings. The van der Waals surface area contributed by atoms with Crippen LogP contribution in [0.2, 0.25) is 0 Å². The topological polar surface area (TPSA) is 64.2 Å². The zero-order valence-corrected chi connectivity index (χ0v) is 11.0. The Hall–Kier alpha value is -2.30. The van der Waals surface area contributed by atoms with Crippen LogP contribution in [-0.4, -0.2) is 16.6 Å². The Morgan fingerprint density at radius 3 is 2.53 bits per heavy atom. The molecule has 0 atom stereocenters. The number of hydrogen-bond acceptors (Lipinski definition) is 4. The second-order valence-corrected chi connectivity index (χ2v) is 4.09. The Morgan fingerprint density at radius 1 is 1.21 bits per heavy atom. The van der Waals surface area contributed by atoms with Gasteiger partial charge in [0.05, 0.1) is 12.7 Å². The van der Waals surface area contributed by atoms with E-state index in [-0.39, 0.29) is 11.4 Å². The molecule has 1 heterocycles. The van der Waals surface area contributed by atoms with Gasteiger partial charge in [-0.25, -0.2) is 4.98 Å². The highest BCUT2D eigenvalue weighted by Gasteiger charge is 2.02. The zero-order chi connectivity index (χ0) is 13.7. The van der Waals surface area contributed by atoms with E-state index in [0.717, 1.165) is 12.2 Å². The Kier molecular flexibility index (Phi) is 4.18. The van der Waals surface area contributed by atoms with E-state index in [1.807, 2.05) is 12.1 Å². The summed E-state index contributed by atoms with van der Waals surface area (Å²) in [5, 5.41) is 0. The average molecular weight is 260 g/mol. The number of H-pyrrole nitrogens is 1. The molecule has 2 rings (SSSR count). The summed E-state index contributed by atoms with van der Waals surface area (Å²) in [7, 11) is 0. The van der Waals surface area contributed by atoms with Crippen LogP contribution in [-0.2, 0) is 0 Å². The molecule has 0 amide bonds. The van der Waals surface area contributed by atoms with Crippen LogP contribution in [0.1, 0.15) is 19.2 Å². The van der Waals surface area contributed by atoms with Crippen molar-refractivity contribution in [2.24, 2.45) is 0 Å². The van der Waals surface area contributed by atoms with Gasteiger partial charge in [0.2, 0.25) is 5.88 Å². The Labute approximate surface area is 111 Å². The lowest BCUT2D eigenvalue weighted by molar-refractivity contribution is 0.317. The number of nitrogens with zero attached hydrogens (tertiary/aromatic N) is 1. The fourth-order valence-corrected chi connectivity index (χ4v) is 1.55. The molecule has 0 saturated heterocycles. The summed E-state index contributed by atoms with van der Waals surface area (Å²) in [6.45, 7) is 4.45. The standard InChI is InChI=1S/C14H16N2O3/c1-3-8-18-11-4-6-12(7-5-11)19-14-9-13(17)15-10(2)16-14/h4-7,9H,3,8H2,1-2H3,(H,15,16,17). The van der Waals surface area contributed by atoms with Crippen molar-refractivity contribution in [1.82, 2.24) is 9.97 Å². The van der Waals surface area contributed by atoms with Gasteiger partial charge in [-0.1, -0.05) is 6.92 Å². The van der Waals surface area contributed by atoms with Crippen LogP contribution in [0.5, 0.6) is 17.4 Å². The van der Waals surface area contributed by atoms with Crippen molar-refractivity contribution in [3.8, 4) is 17.4 Å². The van der Waals surface area contributed by atoms with Crippen molar-refractivity contribution < 1.29 is 9.47 Å². The van der Waals surface area contributed by atoms with Crippen molar-refractivity contribution in [1.29, 1.82) is 0 Å². The van der Waals surface area contributed by atoms with E-state index < -0.39 is 0 Å². The number of rotatable bonds is 5. The van der Waals surface area contributed by atoms with E-state index in [2.05, 4.69) is 16.9 Å². The third-order valence-corrected chi connectivity index (χ3v) is 2.36. The first-order valence-electron chi connectivity index (χ1n) is 6.16. The summed E-state index contributed by atoms with van der Waals surface area (Å²) in [5.74, 6) is 2.21. The van der Waals surface area contributed by atoms with E-state index in [9.17, 15) is 4.79 Å². The molecular weight excluding hydrogens is 244 g/mol. The summed E-state index contributed by atoms with van der Waals surface area (Å²) in [6, 6.07) is 8.52. The number of benzene rings is 1. The molecule has 0 bridgehead atoms. The van der Waals surface area contributed by atoms with Gasteiger partial charge in [0.25, 0.3) is 5.56 Å². The van der Waals surface area contributed by atoms with Crippen LogP contribution in [0.25, 0.3) is 0 Å². The monoisotopic (exact) mass is 260 g/mol. The number of aromatic nitrogens is 2. The van der Waals surface area contributed by atoms with Gasteiger partial charge in [-0.15, -0.1) is 0 Å². The van der Waals surface area contributed by atoms with E-state index in [1.165, 1.54) is 6.07 Å². The maximum absolute atomic E-state index is 11.3. The minimum atomic E-state index is -0.231. The normalized spacial score (nSPS) is 10.2. The third-order valence-electron chi connectivity index (χ3n) is 2.36. The van der Waals surface area contributed by atoms with Gasteiger partial charge < -0.3 is 14.5 Å².